The average molecular weight is 288 g/mol. The highest BCUT2D eigenvalue weighted by Gasteiger charge is 2.06. The molecule has 3 aromatic rings. The molecular formula is C19H13FN2. The van der Waals surface area contributed by atoms with Gasteiger partial charge in [0, 0.05) is 11.1 Å². The number of hydrogen-bond acceptors (Lipinski definition) is 2. The third kappa shape index (κ3) is 3.13. The van der Waals surface area contributed by atoms with E-state index in [1.54, 1.807) is 30.3 Å². The zero-order chi connectivity index (χ0) is 15.4. The Bertz CT molecular complexity index is 861. The molecule has 0 aliphatic heterocycles. The molecule has 0 saturated carbocycles. The summed E-state index contributed by atoms with van der Waals surface area (Å²) in [5.41, 5.74) is 8.37. The number of nitrogen functional groups attached to an aromatic ring is 1. The minimum absolute atomic E-state index is 0.296. The number of rotatable bonds is 1. The first-order valence-electron chi connectivity index (χ1n) is 6.82. The lowest BCUT2D eigenvalue weighted by molar-refractivity contribution is 0.631. The second-order valence-corrected chi connectivity index (χ2v) is 4.76. The van der Waals surface area contributed by atoms with Gasteiger partial charge in [0.2, 0.25) is 0 Å². The minimum atomic E-state index is -0.296. The van der Waals surface area contributed by atoms with Gasteiger partial charge >= 0.3 is 0 Å². The van der Waals surface area contributed by atoms with Crippen LogP contribution in [0.2, 0.25) is 0 Å². The highest BCUT2D eigenvalue weighted by atomic mass is 19.1. The van der Waals surface area contributed by atoms with Crippen molar-refractivity contribution >= 4 is 5.82 Å². The molecule has 1 aromatic heterocycles. The summed E-state index contributed by atoms with van der Waals surface area (Å²) in [6.07, 6.45) is 0. The van der Waals surface area contributed by atoms with Crippen molar-refractivity contribution in [3.05, 3.63) is 83.8 Å². The first kappa shape index (κ1) is 13.8. The smallest absolute Gasteiger partial charge is 0.131 e. The highest BCUT2D eigenvalue weighted by Crippen LogP contribution is 2.24. The third-order valence-corrected chi connectivity index (χ3v) is 3.14. The van der Waals surface area contributed by atoms with Crippen LogP contribution in [0.1, 0.15) is 11.3 Å². The Morgan fingerprint density at radius 1 is 0.864 bits per heavy atom. The molecule has 0 bridgehead atoms. The fourth-order valence-corrected chi connectivity index (χ4v) is 2.12. The highest BCUT2D eigenvalue weighted by molar-refractivity contribution is 5.68. The third-order valence-electron chi connectivity index (χ3n) is 3.14. The van der Waals surface area contributed by atoms with Gasteiger partial charge in [-0.3, -0.25) is 0 Å². The largest absolute Gasteiger partial charge is 0.384 e. The zero-order valence-electron chi connectivity index (χ0n) is 11.8. The summed E-state index contributed by atoms with van der Waals surface area (Å²) in [5.74, 6) is 6.01. The number of nitrogens with two attached hydrogens (primary N) is 1. The second-order valence-electron chi connectivity index (χ2n) is 4.76. The molecule has 2 N–H and O–H groups in total. The molecule has 0 amide bonds. The Hall–Kier alpha value is -3.12. The normalized spacial score (nSPS) is 9.86. The fourth-order valence-electron chi connectivity index (χ4n) is 2.12. The van der Waals surface area contributed by atoms with E-state index in [-0.39, 0.29) is 5.82 Å². The maximum Gasteiger partial charge on any atom is 0.131 e. The predicted octanol–water partition coefficient (Wildman–Crippen LogP) is 3.87. The standard InChI is InChI=1S/C19H13FN2/c20-18-9-5-4-8-17(18)15-12-16(22-19(21)13-15)11-10-14-6-2-1-3-7-14/h1-9,12-13H,(H2,21,22). The Labute approximate surface area is 128 Å². The van der Waals surface area contributed by atoms with Gasteiger partial charge in [0.1, 0.15) is 17.3 Å². The first-order valence-corrected chi connectivity index (χ1v) is 6.82. The van der Waals surface area contributed by atoms with Crippen LogP contribution in [0.25, 0.3) is 11.1 Å². The van der Waals surface area contributed by atoms with E-state index in [4.69, 9.17) is 5.73 Å². The van der Waals surface area contributed by atoms with Crippen molar-refractivity contribution in [2.75, 3.05) is 5.73 Å². The zero-order valence-corrected chi connectivity index (χ0v) is 11.8. The van der Waals surface area contributed by atoms with E-state index < -0.39 is 0 Å². The summed E-state index contributed by atoms with van der Waals surface area (Å²) < 4.78 is 13.9. The minimum Gasteiger partial charge on any atom is -0.384 e. The van der Waals surface area contributed by atoms with Gasteiger partial charge in [-0.05, 0) is 41.8 Å². The maximum absolute atomic E-state index is 13.9. The summed E-state index contributed by atoms with van der Waals surface area (Å²) in [6, 6.07) is 19.5. The van der Waals surface area contributed by atoms with Gasteiger partial charge in [-0.25, -0.2) is 9.37 Å². The number of halogens is 1. The molecule has 0 spiro atoms. The van der Waals surface area contributed by atoms with Crippen molar-refractivity contribution in [1.82, 2.24) is 4.98 Å². The molecule has 0 atom stereocenters. The van der Waals surface area contributed by atoms with Crippen LogP contribution < -0.4 is 5.73 Å². The Balaban J connectivity index is 2.01. The lowest BCUT2D eigenvalue weighted by atomic mass is 10.1. The molecule has 2 aromatic carbocycles. The van der Waals surface area contributed by atoms with Gasteiger partial charge in [0.15, 0.2) is 0 Å². The monoisotopic (exact) mass is 288 g/mol. The van der Waals surface area contributed by atoms with E-state index in [0.717, 1.165) is 5.56 Å². The molecule has 3 heteroatoms. The van der Waals surface area contributed by atoms with Crippen LogP contribution >= 0.6 is 0 Å². The van der Waals surface area contributed by atoms with E-state index in [2.05, 4.69) is 16.8 Å². The van der Waals surface area contributed by atoms with Crippen molar-refractivity contribution in [3.8, 4) is 23.0 Å². The molecule has 1 heterocycles. The molecule has 3 rings (SSSR count). The summed E-state index contributed by atoms with van der Waals surface area (Å²) in [4.78, 5) is 4.19. The van der Waals surface area contributed by atoms with Crippen LogP contribution in [0.15, 0.2) is 66.7 Å². The molecular weight excluding hydrogens is 275 g/mol. The van der Waals surface area contributed by atoms with Crippen LogP contribution in [-0.2, 0) is 0 Å². The number of hydrogen-bond donors (Lipinski definition) is 1. The lowest BCUT2D eigenvalue weighted by Gasteiger charge is -2.05. The van der Waals surface area contributed by atoms with Crippen molar-refractivity contribution in [2.24, 2.45) is 0 Å². The average Bonchev–Trinajstić information content (AvgIpc) is 2.54. The summed E-state index contributed by atoms with van der Waals surface area (Å²) in [5, 5.41) is 0. The quantitative estimate of drug-likeness (QED) is 0.690. The topological polar surface area (TPSA) is 38.9 Å². The Morgan fingerprint density at radius 2 is 1.59 bits per heavy atom. The van der Waals surface area contributed by atoms with Crippen molar-refractivity contribution in [1.29, 1.82) is 0 Å². The van der Waals surface area contributed by atoms with Crippen molar-refractivity contribution < 1.29 is 4.39 Å². The van der Waals surface area contributed by atoms with E-state index in [9.17, 15) is 4.39 Å². The van der Waals surface area contributed by atoms with Gasteiger partial charge in [-0.1, -0.05) is 42.3 Å². The van der Waals surface area contributed by atoms with Gasteiger partial charge in [-0.2, -0.15) is 0 Å². The molecule has 0 fully saturated rings. The van der Waals surface area contributed by atoms with E-state index in [1.165, 1.54) is 6.07 Å². The molecule has 0 saturated heterocycles. The molecule has 0 aliphatic carbocycles. The number of benzene rings is 2. The van der Waals surface area contributed by atoms with E-state index >= 15 is 0 Å². The molecule has 2 nitrogen and oxygen atoms in total. The number of anilines is 1. The predicted molar refractivity (Wildman–Crippen MR) is 86.5 cm³/mol. The summed E-state index contributed by atoms with van der Waals surface area (Å²) in [6.45, 7) is 0. The Kier molecular flexibility index (Phi) is 3.84. The fraction of sp³-hybridized carbons (Fsp3) is 0. The van der Waals surface area contributed by atoms with Crippen LogP contribution in [0.4, 0.5) is 10.2 Å². The number of aromatic nitrogens is 1. The van der Waals surface area contributed by atoms with Crippen LogP contribution in [0.3, 0.4) is 0 Å². The lowest BCUT2D eigenvalue weighted by Crippen LogP contribution is -1.95. The number of nitrogens with zero attached hydrogens (tertiary/aromatic N) is 1. The molecule has 106 valence electrons. The molecule has 0 radical (unpaired) electrons. The van der Waals surface area contributed by atoms with Gasteiger partial charge in [0.05, 0.1) is 0 Å². The van der Waals surface area contributed by atoms with Crippen molar-refractivity contribution in [3.63, 3.8) is 0 Å². The molecule has 0 unspecified atom stereocenters. The van der Waals surface area contributed by atoms with Gasteiger partial charge < -0.3 is 5.73 Å². The Morgan fingerprint density at radius 3 is 2.36 bits per heavy atom. The van der Waals surface area contributed by atoms with Gasteiger partial charge in [-0.15, -0.1) is 0 Å². The first-order chi connectivity index (χ1) is 10.7. The maximum atomic E-state index is 13.9. The SMILES string of the molecule is Nc1cc(-c2ccccc2F)cc(C#Cc2ccccc2)n1. The number of pyridine rings is 1. The van der Waals surface area contributed by atoms with Crippen LogP contribution in [-0.4, -0.2) is 4.98 Å². The van der Waals surface area contributed by atoms with E-state index in [1.807, 2.05) is 30.3 Å². The van der Waals surface area contributed by atoms with Crippen LogP contribution in [0.5, 0.6) is 0 Å². The summed E-state index contributed by atoms with van der Waals surface area (Å²) >= 11 is 0. The van der Waals surface area contributed by atoms with Crippen LogP contribution in [0, 0.1) is 17.7 Å². The summed E-state index contributed by atoms with van der Waals surface area (Å²) in [7, 11) is 0. The van der Waals surface area contributed by atoms with Crippen molar-refractivity contribution in [2.45, 2.75) is 0 Å². The molecule has 22 heavy (non-hydrogen) atoms. The van der Waals surface area contributed by atoms with E-state index in [0.29, 0.717) is 22.6 Å². The van der Waals surface area contributed by atoms with Gasteiger partial charge in [0.25, 0.3) is 0 Å². The molecule has 0 aliphatic rings. The second kappa shape index (κ2) is 6.11.